The largest absolute Gasteiger partial charge is 0.368 e. The quantitative estimate of drug-likeness (QED) is 0.860. The van der Waals surface area contributed by atoms with Gasteiger partial charge in [-0.25, -0.2) is 9.78 Å². The van der Waals surface area contributed by atoms with Crippen LogP contribution >= 0.6 is 11.3 Å². The molecule has 2 aromatic rings. The molecule has 3 amide bonds. The summed E-state index contributed by atoms with van der Waals surface area (Å²) in [7, 11) is 0. The smallest absolute Gasteiger partial charge is 0.321 e. The second-order valence-corrected chi connectivity index (χ2v) is 7.98. The van der Waals surface area contributed by atoms with E-state index in [2.05, 4.69) is 10.3 Å². The molecule has 1 atom stereocenters. The number of thiazole rings is 1. The minimum absolute atomic E-state index is 0.0593. The van der Waals surface area contributed by atoms with Crippen molar-refractivity contribution in [2.45, 2.75) is 25.9 Å². The van der Waals surface area contributed by atoms with E-state index in [-0.39, 0.29) is 18.0 Å². The first-order valence-electron chi connectivity index (χ1n) is 9.59. The summed E-state index contributed by atoms with van der Waals surface area (Å²) >= 11 is 1.59. The maximum absolute atomic E-state index is 12.6. The molecule has 0 aliphatic carbocycles. The highest BCUT2D eigenvalue weighted by atomic mass is 32.1. The van der Waals surface area contributed by atoms with Crippen molar-refractivity contribution in [1.82, 2.24) is 14.8 Å². The number of nitrogens with one attached hydrogen (secondary N) is 1. The monoisotopic (exact) mass is 400 g/mol. The molecule has 0 radical (unpaired) electrons. The second-order valence-electron chi connectivity index (χ2n) is 7.12. The van der Waals surface area contributed by atoms with Gasteiger partial charge in [0.05, 0.1) is 0 Å². The van der Waals surface area contributed by atoms with Crippen LogP contribution in [0.2, 0.25) is 0 Å². The van der Waals surface area contributed by atoms with Crippen molar-refractivity contribution < 1.29 is 14.3 Å². The topological polar surface area (TPSA) is 74.8 Å². The fraction of sp³-hybridized carbons (Fsp3) is 0.450. The first-order valence-corrected chi connectivity index (χ1v) is 10.5. The van der Waals surface area contributed by atoms with Crippen molar-refractivity contribution in [3.63, 3.8) is 0 Å². The van der Waals surface area contributed by atoms with E-state index in [0.29, 0.717) is 32.8 Å². The summed E-state index contributed by atoms with van der Waals surface area (Å²) in [5.74, 6) is 0.0593. The van der Waals surface area contributed by atoms with Gasteiger partial charge in [-0.15, -0.1) is 11.3 Å². The van der Waals surface area contributed by atoms with Crippen LogP contribution < -0.4 is 5.32 Å². The van der Waals surface area contributed by atoms with Crippen LogP contribution in [-0.2, 0) is 9.53 Å². The van der Waals surface area contributed by atoms with Gasteiger partial charge < -0.3 is 19.9 Å². The van der Waals surface area contributed by atoms with E-state index in [1.165, 1.54) is 0 Å². The Morgan fingerprint density at radius 2 is 2.00 bits per heavy atom. The second kappa shape index (κ2) is 8.28. The van der Waals surface area contributed by atoms with Crippen LogP contribution in [0.3, 0.4) is 0 Å². The Hall–Kier alpha value is -2.45. The molecule has 2 aliphatic rings. The zero-order valence-electron chi connectivity index (χ0n) is 15.9. The molecule has 1 aromatic carbocycles. The molecule has 3 heterocycles. The number of piperazine rings is 1. The molecule has 148 valence electrons. The molecule has 0 spiro atoms. The molecular weight excluding hydrogens is 376 g/mol. The highest BCUT2D eigenvalue weighted by Crippen LogP contribution is 2.26. The van der Waals surface area contributed by atoms with Crippen LogP contribution in [0.25, 0.3) is 10.6 Å². The summed E-state index contributed by atoms with van der Waals surface area (Å²) in [6.07, 6.45) is 1.45. The van der Waals surface area contributed by atoms with Crippen molar-refractivity contribution in [3.05, 3.63) is 35.3 Å². The Kier molecular flexibility index (Phi) is 5.59. The van der Waals surface area contributed by atoms with Gasteiger partial charge in [0.15, 0.2) is 0 Å². The molecule has 1 N–H and O–H groups in total. The molecular formula is C20H24N4O3S. The number of aromatic nitrogens is 1. The zero-order valence-corrected chi connectivity index (χ0v) is 16.7. The Bertz CT molecular complexity index is 855. The van der Waals surface area contributed by atoms with Crippen LogP contribution in [0.5, 0.6) is 0 Å². The Morgan fingerprint density at radius 3 is 2.68 bits per heavy atom. The molecule has 28 heavy (non-hydrogen) atoms. The fourth-order valence-electron chi connectivity index (χ4n) is 3.53. The predicted molar refractivity (Wildman–Crippen MR) is 108 cm³/mol. The van der Waals surface area contributed by atoms with Crippen molar-refractivity contribution in [2.75, 3.05) is 38.1 Å². The summed E-state index contributed by atoms with van der Waals surface area (Å²) in [4.78, 5) is 33.1. The van der Waals surface area contributed by atoms with Gasteiger partial charge >= 0.3 is 6.03 Å². The number of urea groups is 1. The molecule has 2 fully saturated rings. The van der Waals surface area contributed by atoms with Gasteiger partial charge in [0.2, 0.25) is 0 Å². The van der Waals surface area contributed by atoms with Gasteiger partial charge in [0.25, 0.3) is 5.91 Å². The number of carbonyl (C=O) groups excluding carboxylic acids is 2. The van der Waals surface area contributed by atoms with Crippen LogP contribution in [0.15, 0.2) is 29.6 Å². The lowest BCUT2D eigenvalue weighted by molar-refractivity contribution is -0.142. The average molecular weight is 401 g/mol. The SMILES string of the molecule is Cc1csc(-c2cccc(NC(=O)N3CCN(C(=O)C4CCCO4)CC3)c2)n1. The summed E-state index contributed by atoms with van der Waals surface area (Å²) in [5, 5.41) is 5.92. The van der Waals surface area contributed by atoms with Gasteiger partial charge in [-0.1, -0.05) is 12.1 Å². The molecule has 7 nitrogen and oxygen atoms in total. The van der Waals surface area contributed by atoms with Crippen molar-refractivity contribution >= 4 is 29.0 Å². The molecule has 8 heteroatoms. The molecule has 0 bridgehead atoms. The van der Waals surface area contributed by atoms with E-state index in [1.54, 1.807) is 16.2 Å². The number of rotatable bonds is 3. The van der Waals surface area contributed by atoms with Crippen molar-refractivity contribution in [1.29, 1.82) is 0 Å². The fourth-order valence-corrected chi connectivity index (χ4v) is 4.32. The first-order chi connectivity index (χ1) is 13.6. The Morgan fingerprint density at radius 1 is 1.21 bits per heavy atom. The third-order valence-electron chi connectivity index (χ3n) is 5.06. The van der Waals surface area contributed by atoms with Crippen LogP contribution in [-0.4, -0.2) is 65.6 Å². The van der Waals surface area contributed by atoms with E-state index in [1.807, 2.05) is 41.5 Å². The van der Waals surface area contributed by atoms with E-state index >= 15 is 0 Å². The van der Waals surface area contributed by atoms with Crippen LogP contribution in [0.1, 0.15) is 18.5 Å². The maximum atomic E-state index is 12.6. The standard InChI is InChI=1S/C20H24N4O3S/c1-14-13-28-18(21-14)15-4-2-5-16(12-15)22-20(26)24-9-7-23(8-10-24)19(25)17-6-3-11-27-17/h2,4-5,12-13,17H,3,6-11H2,1H3,(H,22,26). The number of ether oxygens (including phenoxy) is 1. The van der Waals surface area contributed by atoms with Crippen molar-refractivity contribution in [3.8, 4) is 10.6 Å². The maximum Gasteiger partial charge on any atom is 0.321 e. The Labute approximate surface area is 168 Å². The van der Waals surface area contributed by atoms with E-state index in [0.717, 1.165) is 34.8 Å². The molecule has 0 saturated carbocycles. The van der Waals surface area contributed by atoms with Gasteiger partial charge in [0, 0.05) is 55.1 Å². The lowest BCUT2D eigenvalue weighted by Gasteiger charge is -2.35. The number of hydrogen-bond acceptors (Lipinski definition) is 5. The van der Waals surface area contributed by atoms with Gasteiger partial charge in [0.1, 0.15) is 11.1 Å². The number of benzene rings is 1. The van der Waals surface area contributed by atoms with Gasteiger partial charge in [-0.05, 0) is 31.9 Å². The average Bonchev–Trinajstić information content (AvgIpc) is 3.40. The van der Waals surface area contributed by atoms with E-state index in [9.17, 15) is 9.59 Å². The van der Waals surface area contributed by atoms with Crippen molar-refractivity contribution in [2.24, 2.45) is 0 Å². The summed E-state index contributed by atoms with van der Waals surface area (Å²) in [6, 6.07) is 7.58. The Balaban J connectivity index is 1.33. The molecule has 2 aliphatic heterocycles. The van der Waals surface area contributed by atoms with Gasteiger partial charge in [-0.2, -0.15) is 0 Å². The van der Waals surface area contributed by atoms with E-state index < -0.39 is 0 Å². The number of aryl methyl sites for hydroxylation is 1. The van der Waals surface area contributed by atoms with Crippen LogP contribution in [0, 0.1) is 6.92 Å². The lowest BCUT2D eigenvalue weighted by Crippen LogP contribution is -2.53. The number of amides is 3. The highest BCUT2D eigenvalue weighted by Gasteiger charge is 2.31. The number of carbonyl (C=O) groups is 2. The number of hydrogen-bond donors (Lipinski definition) is 1. The number of nitrogens with zero attached hydrogens (tertiary/aromatic N) is 3. The molecule has 1 aromatic heterocycles. The molecule has 1 unspecified atom stereocenters. The lowest BCUT2D eigenvalue weighted by atomic mass is 10.2. The summed E-state index contributed by atoms with van der Waals surface area (Å²) in [5.41, 5.74) is 2.72. The van der Waals surface area contributed by atoms with E-state index in [4.69, 9.17) is 4.74 Å². The normalized spacial score (nSPS) is 19.7. The minimum atomic E-state index is -0.294. The summed E-state index contributed by atoms with van der Waals surface area (Å²) < 4.78 is 5.48. The molecule has 4 rings (SSSR count). The van der Waals surface area contributed by atoms with Gasteiger partial charge in [-0.3, -0.25) is 4.79 Å². The predicted octanol–water partition coefficient (Wildman–Crippen LogP) is 2.97. The third kappa shape index (κ3) is 4.18. The highest BCUT2D eigenvalue weighted by molar-refractivity contribution is 7.13. The zero-order chi connectivity index (χ0) is 19.5. The van der Waals surface area contributed by atoms with Crippen LogP contribution in [0.4, 0.5) is 10.5 Å². The molecule has 2 saturated heterocycles. The first kappa shape index (κ1) is 18.9. The third-order valence-corrected chi connectivity index (χ3v) is 6.07. The summed E-state index contributed by atoms with van der Waals surface area (Å²) in [6.45, 7) is 4.77. The number of anilines is 1. The minimum Gasteiger partial charge on any atom is -0.368 e.